The van der Waals surface area contributed by atoms with Crippen LogP contribution in [0.4, 0.5) is 10.8 Å². The summed E-state index contributed by atoms with van der Waals surface area (Å²) in [4.78, 5) is 32.0. The quantitative estimate of drug-likeness (QED) is 0.268. The number of carbonyl (C=O) groups is 1. The molecule has 0 saturated heterocycles. The van der Waals surface area contributed by atoms with Crippen LogP contribution in [0.1, 0.15) is 17.5 Å². The summed E-state index contributed by atoms with van der Waals surface area (Å²) in [5.41, 5.74) is 2.54. The van der Waals surface area contributed by atoms with Crippen LogP contribution in [0.5, 0.6) is 5.75 Å². The molecular weight excluding hydrogens is 428 g/mol. The van der Waals surface area contributed by atoms with E-state index in [2.05, 4.69) is 4.90 Å². The topological polar surface area (TPSA) is 88.8 Å². The van der Waals surface area contributed by atoms with Crippen molar-refractivity contribution in [1.29, 1.82) is 0 Å². The average Bonchev–Trinajstić information content (AvgIpc) is 3.21. The fraction of sp³-hybridized carbons (Fsp3) is 0.304. The highest BCUT2D eigenvalue weighted by Gasteiger charge is 2.20. The summed E-state index contributed by atoms with van der Waals surface area (Å²) in [5, 5.41) is 11.4. The predicted molar refractivity (Wildman–Crippen MR) is 129 cm³/mol. The molecule has 3 rings (SSSR count). The summed E-state index contributed by atoms with van der Waals surface area (Å²) in [6.45, 7) is 3.36. The van der Waals surface area contributed by atoms with Crippen LogP contribution in [0.3, 0.4) is 0 Å². The number of amides is 1. The highest BCUT2D eigenvalue weighted by Crippen LogP contribution is 2.36. The number of non-ortho nitro benzene ring substituents is 1. The molecule has 2 aromatic carbocycles. The number of anilines is 1. The highest BCUT2D eigenvalue weighted by molar-refractivity contribution is 7.22. The molecular formula is C23H26N4O4S. The molecule has 0 unspecified atom stereocenters. The largest absolute Gasteiger partial charge is 0.494 e. The van der Waals surface area contributed by atoms with E-state index in [-0.39, 0.29) is 11.6 Å². The van der Waals surface area contributed by atoms with Crippen LogP contribution in [0.15, 0.2) is 42.5 Å². The number of methoxy groups -OCH3 is 1. The van der Waals surface area contributed by atoms with E-state index in [0.717, 1.165) is 28.7 Å². The van der Waals surface area contributed by atoms with Crippen LogP contribution in [0, 0.1) is 17.0 Å². The van der Waals surface area contributed by atoms with Crippen LogP contribution < -0.4 is 9.64 Å². The summed E-state index contributed by atoms with van der Waals surface area (Å²) < 4.78 is 6.44. The van der Waals surface area contributed by atoms with Crippen LogP contribution >= 0.6 is 11.3 Å². The van der Waals surface area contributed by atoms with Crippen molar-refractivity contribution < 1.29 is 14.5 Å². The summed E-state index contributed by atoms with van der Waals surface area (Å²) in [5.74, 6) is 0.480. The summed E-state index contributed by atoms with van der Waals surface area (Å²) in [7, 11) is 5.59. The maximum atomic E-state index is 13.1. The monoisotopic (exact) mass is 454 g/mol. The Morgan fingerprint density at radius 2 is 1.91 bits per heavy atom. The number of aryl methyl sites for hydroxylation is 1. The fourth-order valence-corrected chi connectivity index (χ4v) is 4.27. The smallest absolute Gasteiger partial charge is 0.269 e. The second-order valence-electron chi connectivity index (χ2n) is 7.59. The Bertz CT molecular complexity index is 1140. The normalized spacial score (nSPS) is 11.4. The number of fused-ring (bicyclic) bond motifs is 1. The van der Waals surface area contributed by atoms with Gasteiger partial charge in [-0.15, -0.1) is 0 Å². The Morgan fingerprint density at radius 3 is 2.53 bits per heavy atom. The molecule has 0 N–H and O–H groups in total. The average molecular weight is 455 g/mol. The molecule has 8 nitrogen and oxygen atoms in total. The lowest BCUT2D eigenvalue weighted by Gasteiger charge is -2.19. The minimum Gasteiger partial charge on any atom is -0.494 e. The number of thiazole rings is 1. The van der Waals surface area contributed by atoms with Crippen LogP contribution in [-0.4, -0.2) is 55.0 Å². The van der Waals surface area contributed by atoms with Gasteiger partial charge in [0, 0.05) is 24.8 Å². The van der Waals surface area contributed by atoms with Crippen molar-refractivity contribution in [3.8, 4) is 5.75 Å². The SMILES string of the molecule is COc1ccc(C)c2sc(N(CCCN(C)C)C(=O)C=Cc3ccc([N+](=O)[O-])cc3)nc12. The minimum absolute atomic E-state index is 0.0116. The Balaban J connectivity index is 1.89. The van der Waals surface area contributed by atoms with Crippen molar-refractivity contribution >= 4 is 44.4 Å². The van der Waals surface area contributed by atoms with Crippen LogP contribution in [0.2, 0.25) is 0 Å². The maximum absolute atomic E-state index is 13.1. The van der Waals surface area contributed by atoms with Gasteiger partial charge in [-0.3, -0.25) is 19.8 Å². The van der Waals surface area contributed by atoms with Crippen molar-refractivity contribution in [2.75, 3.05) is 39.2 Å². The third-order valence-electron chi connectivity index (χ3n) is 4.92. The zero-order chi connectivity index (χ0) is 23.3. The number of ether oxygens (including phenoxy) is 1. The first-order valence-corrected chi connectivity index (χ1v) is 10.9. The molecule has 1 amide bonds. The first-order valence-electron chi connectivity index (χ1n) is 10.1. The van der Waals surface area contributed by atoms with Crippen LogP contribution in [0.25, 0.3) is 16.3 Å². The number of rotatable bonds is 9. The zero-order valence-corrected chi connectivity index (χ0v) is 19.4. The Hall–Kier alpha value is -3.30. The number of benzene rings is 2. The van der Waals surface area contributed by atoms with Gasteiger partial charge < -0.3 is 9.64 Å². The first-order chi connectivity index (χ1) is 15.3. The lowest BCUT2D eigenvalue weighted by atomic mass is 10.2. The van der Waals surface area contributed by atoms with Crippen molar-refractivity contribution in [3.05, 3.63) is 63.7 Å². The van der Waals surface area contributed by atoms with Gasteiger partial charge in [0.1, 0.15) is 11.3 Å². The molecule has 32 heavy (non-hydrogen) atoms. The Labute approximate surface area is 190 Å². The van der Waals surface area contributed by atoms with E-state index in [9.17, 15) is 14.9 Å². The fourth-order valence-electron chi connectivity index (χ4n) is 3.19. The summed E-state index contributed by atoms with van der Waals surface area (Å²) in [6.07, 6.45) is 3.92. The number of nitro benzene ring substituents is 1. The van der Waals surface area contributed by atoms with Gasteiger partial charge >= 0.3 is 0 Å². The molecule has 9 heteroatoms. The van der Waals surface area contributed by atoms with E-state index in [1.807, 2.05) is 33.2 Å². The van der Waals surface area contributed by atoms with E-state index < -0.39 is 4.92 Å². The lowest BCUT2D eigenvalue weighted by Crippen LogP contribution is -2.32. The maximum Gasteiger partial charge on any atom is 0.269 e. The number of hydrogen-bond acceptors (Lipinski definition) is 7. The molecule has 0 radical (unpaired) electrons. The molecule has 3 aromatic rings. The molecule has 1 aromatic heterocycles. The third kappa shape index (κ3) is 5.49. The van der Waals surface area contributed by atoms with E-state index in [4.69, 9.17) is 9.72 Å². The van der Waals surface area contributed by atoms with E-state index in [0.29, 0.717) is 23.0 Å². The van der Waals surface area contributed by atoms with E-state index >= 15 is 0 Å². The molecule has 0 aliphatic carbocycles. The number of carbonyl (C=O) groups excluding carboxylic acids is 1. The van der Waals surface area contributed by atoms with E-state index in [1.165, 1.54) is 29.5 Å². The van der Waals surface area contributed by atoms with Gasteiger partial charge in [0.15, 0.2) is 5.13 Å². The first kappa shape index (κ1) is 23.4. The van der Waals surface area contributed by atoms with E-state index in [1.54, 1.807) is 30.2 Å². The molecule has 0 aliphatic rings. The molecule has 0 bridgehead atoms. The van der Waals surface area contributed by atoms with Gasteiger partial charge in [-0.25, -0.2) is 4.98 Å². The number of nitro groups is 1. The molecule has 168 valence electrons. The van der Waals surface area contributed by atoms with Crippen molar-refractivity contribution in [3.63, 3.8) is 0 Å². The third-order valence-corrected chi connectivity index (χ3v) is 6.13. The molecule has 0 spiro atoms. The molecule has 0 atom stereocenters. The van der Waals surface area contributed by atoms with Gasteiger partial charge in [0.05, 0.1) is 16.7 Å². The summed E-state index contributed by atoms with van der Waals surface area (Å²) in [6, 6.07) is 9.93. The van der Waals surface area contributed by atoms with Gasteiger partial charge in [0.2, 0.25) is 0 Å². The number of hydrogen-bond donors (Lipinski definition) is 0. The summed E-state index contributed by atoms with van der Waals surface area (Å²) >= 11 is 1.47. The number of nitrogens with zero attached hydrogens (tertiary/aromatic N) is 4. The lowest BCUT2D eigenvalue weighted by molar-refractivity contribution is -0.384. The van der Waals surface area contributed by atoms with Gasteiger partial charge in [-0.1, -0.05) is 17.4 Å². The standard InChI is InChI=1S/C23H26N4O4S/c1-16-6-12-19(31-4)21-22(16)32-23(24-21)26(15-5-14-25(2)3)20(28)13-9-17-7-10-18(11-8-17)27(29)30/h6-13H,5,14-15H2,1-4H3. The van der Waals surface area contributed by atoms with Gasteiger partial charge in [0.25, 0.3) is 11.6 Å². The minimum atomic E-state index is -0.450. The molecule has 0 aliphatic heterocycles. The molecule has 0 fully saturated rings. The second-order valence-corrected chi connectivity index (χ2v) is 8.57. The van der Waals surface area contributed by atoms with Gasteiger partial charge in [-0.2, -0.15) is 0 Å². The Kier molecular flexibility index (Phi) is 7.55. The van der Waals surface area contributed by atoms with Crippen molar-refractivity contribution in [2.24, 2.45) is 0 Å². The van der Waals surface area contributed by atoms with Crippen molar-refractivity contribution in [2.45, 2.75) is 13.3 Å². The second kappa shape index (κ2) is 10.3. The van der Waals surface area contributed by atoms with Crippen LogP contribution in [-0.2, 0) is 4.79 Å². The van der Waals surface area contributed by atoms with Crippen molar-refractivity contribution in [1.82, 2.24) is 9.88 Å². The molecule has 1 heterocycles. The highest BCUT2D eigenvalue weighted by atomic mass is 32.1. The number of aromatic nitrogens is 1. The zero-order valence-electron chi connectivity index (χ0n) is 18.6. The Morgan fingerprint density at radius 1 is 1.19 bits per heavy atom. The van der Waals surface area contributed by atoms with Gasteiger partial charge in [-0.05, 0) is 69.4 Å². The predicted octanol–water partition coefficient (Wildman–Crippen LogP) is 4.52. The molecule has 0 saturated carbocycles.